The third kappa shape index (κ3) is 5.04. The molecule has 2 aromatic rings. The summed E-state index contributed by atoms with van der Waals surface area (Å²) in [6, 6.07) is 16.4. The lowest BCUT2D eigenvalue weighted by molar-refractivity contribution is -0.143. The molecule has 2 unspecified atom stereocenters. The van der Waals surface area contributed by atoms with Crippen LogP contribution in [0.4, 0.5) is 4.79 Å². The highest BCUT2D eigenvalue weighted by Gasteiger charge is 2.37. The number of nitrogens with one attached hydrogen (secondary N) is 2. The Morgan fingerprint density at radius 3 is 2.20 bits per heavy atom. The zero-order valence-electron chi connectivity index (χ0n) is 19.7. The lowest BCUT2D eigenvalue weighted by Gasteiger charge is -2.35. The molecule has 0 spiro atoms. The van der Waals surface area contributed by atoms with Crippen molar-refractivity contribution >= 4 is 18.0 Å². The van der Waals surface area contributed by atoms with E-state index >= 15 is 0 Å². The van der Waals surface area contributed by atoms with Crippen LogP contribution in [-0.4, -0.2) is 42.3 Å². The van der Waals surface area contributed by atoms with Crippen LogP contribution >= 0.6 is 0 Å². The van der Waals surface area contributed by atoms with E-state index in [-0.39, 0.29) is 42.2 Å². The Morgan fingerprint density at radius 1 is 0.886 bits per heavy atom. The maximum Gasteiger partial charge on any atom is 0.407 e. The van der Waals surface area contributed by atoms with Gasteiger partial charge in [-0.3, -0.25) is 9.59 Å². The Labute approximate surface area is 205 Å². The van der Waals surface area contributed by atoms with Gasteiger partial charge in [-0.25, -0.2) is 4.79 Å². The number of aliphatic carboxylic acids is 1. The minimum absolute atomic E-state index is 0.00645. The van der Waals surface area contributed by atoms with Gasteiger partial charge in [0.25, 0.3) is 0 Å². The van der Waals surface area contributed by atoms with Crippen molar-refractivity contribution in [2.75, 3.05) is 13.2 Å². The summed E-state index contributed by atoms with van der Waals surface area (Å²) < 4.78 is 5.60. The summed E-state index contributed by atoms with van der Waals surface area (Å²) in [5.74, 6) is -0.903. The van der Waals surface area contributed by atoms with E-state index in [0.29, 0.717) is 25.8 Å². The van der Waals surface area contributed by atoms with Crippen LogP contribution in [0.3, 0.4) is 0 Å². The Kier molecular flexibility index (Phi) is 6.75. The Hall–Kier alpha value is -3.35. The van der Waals surface area contributed by atoms with Crippen molar-refractivity contribution in [2.24, 2.45) is 17.8 Å². The quantitative estimate of drug-likeness (QED) is 0.552. The van der Waals surface area contributed by atoms with Crippen LogP contribution in [0.25, 0.3) is 11.1 Å². The largest absolute Gasteiger partial charge is 0.481 e. The minimum atomic E-state index is -0.734. The highest BCUT2D eigenvalue weighted by Crippen LogP contribution is 2.44. The molecule has 7 heteroatoms. The molecule has 5 rings (SSSR count). The van der Waals surface area contributed by atoms with Gasteiger partial charge >= 0.3 is 12.1 Å². The molecule has 3 aliphatic rings. The van der Waals surface area contributed by atoms with Crippen molar-refractivity contribution < 1.29 is 24.2 Å². The van der Waals surface area contributed by atoms with Crippen molar-refractivity contribution in [2.45, 2.75) is 50.5 Å². The lowest BCUT2D eigenvalue weighted by Crippen LogP contribution is -2.50. The molecule has 2 amide bonds. The second-order valence-corrected chi connectivity index (χ2v) is 10.1. The van der Waals surface area contributed by atoms with Crippen molar-refractivity contribution in [1.82, 2.24) is 10.6 Å². The highest BCUT2D eigenvalue weighted by atomic mass is 16.5. The summed E-state index contributed by atoms with van der Waals surface area (Å²) in [5, 5.41) is 15.1. The van der Waals surface area contributed by atoms with Gasteiger partial charge in [0.15, 0.2) is 0 Å². The number of amides is 2. The van der Waals surface area contributed by atoms with Gasteiger partial charge in [0.1, 0.15) is 6.61 Å². The number of fused-ring (bicyclic) bond motifs is 3. The Morgan fingerprint density at radius 2 is 1.54 bits per heavy atom. The molecule has 0 radical (unpaired) electrons. The monoisotopic (exact) mass is 476 g/mol. The molecule has 0 aliphatic heterocycles. The number of carboxylic acid groups (broad SMARTS) is 1. The standard InChI is InChI=1S/C28H32N2O5/c31-26(29-15-17-6-5-7-18(12-17)27(32)33)19-13-20(14-19)30-28(34)35-16-25-23-10-3-1-8-21(23)22-9-2-4-11-24(22)25/h1-4,8-11,17-20,25H,5-7,12-16H2,(H,29,31)(H,30,34)(H,32,33). The summed E-state index contributed by atoms with van der Waals surface area (Å²) in [6.45, 7) is 0.804. The molecule has 2 saturated carbocycles. The van der Waals surface area contributed by atoms with Crippen LogP contribution in [-0.2, 0) is 14.3 Å². The number of alkyl carbamates (subject to hydrolysis) is 1. The number of benzene rings is 2. The molecular weight excluding hydrogens is 444 g/mol. The Bertz CT molecular complexity index is 1060. The first-order valence-corrected chi connectivity index (χ1v) is 12.6. The zero-order valence-corrected chi connectivity index (χ0v) is 19.7. The fourth-order valence-corrected chi connectivity index (χ4v) is 5.85. The SMILES string of the molecule is O=C(NC1CC(C(=O)NCC2CCCC(C(=O)O)C2)C1)OCC1c2ccccc2-c2ccccc21. The van der Waals surface area contributed by atoms with E-state index in [2.05, 4.69) is 34.9 Å². The first-order valence-electron chi connectivity index (χ1n) is 12.6. The molecule has 0 saturated heterocycles. The number of rotatable bonds is 7. The molecule has 7 nitrogen and oxygen atoms in total. The van der Waals surface area contributed by atoms with Gasteiger partial charge in [0.05, 0.1) is 5.92 Å². The van der Waals surface area contributed by atoms with Crippen LogP contribution in [0, 0.1) is 17.8 Å². The number of ether oxygens (including phenoxy) is 1. The number of hydrogen-bond acceptors (Lipinski definition) is 4. The summed E-state index contributed by atoms with van der Waals surface area (Å²) in [6.07, 6.45) is 3.96. The number of carboxylic acids is 1. The molecule has 2 aromatic carbocycles. The smallest absolute Gasteiger partial charge is 0.407 e. The topological polar surface area (TPSA) is 105 Å². The summed E-state index contributed by atoms with van der Waals surface area (Å²) in [5.41, 5.74) is 4.73. The lowest BCUT2D eigenvalue weighted by atomic mass is 9.79. The highest BCUT2D eigenvalue weighted by molar-refractivity contribution is 5.81. The van der Waals surface area contributed by atoms with Gasteiger partial charge in [-0.1, -0.05) is 55.0 Å². The van der Waals surface area contributed by atoms with Crippen molar-refractivity contribution in [3.63, 3.8) is 0 Å². The van der Waals surface area contributed by atoms with Gasteiger partial charge in [0, 0.05) is 24.4 Å². The van der Waals surface area contributed by atoms with Gasteiger partial charge in [-0.05, 0) is 60.3 Å². The van der Waals surface area contributed by atoms with E-state index < -0.39 is 12.1 Å². The molecule has 35 heavy (non-hydrogen) atoms. The van der Waals surface area contributed by atoms with E-state index in [1.165, 1.54) is 22.3 Å². The van der Waals surface area contributed by atoms with Crippen molar-refractivity contribution in [1.29, 1.82) is 0 Å². The van der Waals surface area contributed by atoms with E-state index in [0.717, 1.165) is 19.3 Å². The molecule has 0 heterocycles. The molecule has 0 aromatic heterocycles. The normalized spacial score (nSPS) is 25.0. The predicted octanol–water partition coefficient (Wildman–Crippen LogP) is 4.31. The minimum Gasteiger partial charge on any atom is -0.481 e. The van der Waals surface area contributed by atoms with Gasteiger partial charge < -0.3 is 20.5 Å². The molecule has 2 fully saturated rings. The van der Waals surface area contributed by atoms with E-state index in [4.69, 9.17) is 4.74 Å². The van der Waals surface area contributed by atoms with E-state index in [9.17, 15) is 19.5 Å². The molecule has 3 N–H and O–H groups in total. The van der Waals surface area contributed by atoms with Gasteiger partial charge in [0.2, 0.25) is 5.91 Å². The van der Waals surface area contributed by atoms with Crippen LogP contribution in [0.5, 0.6) is 0 Å². The first-order chi connectivity index (χ1) is 17.0. The first kappa shape index (κ1) is 23.4. The molecule has 184 valence electrons. The fourth-order valence-electron chi connectivity index (χ4n) is 5.85. The second kappa shape index (κ2) is 10.1. The van der Waals surface area contributed by atoms with Crippen molar-refractivity contribution in [3.05, 3.63) is 59.7 Å². The molecular formula is C28H32N2O5. The fraction of sp³-hybridized carbons (Fsp3) is 0.464. The maximum absolute atomic E-state index is 12.5. The molecule has 3 aliphatic carbocycles. The summed E-state index contributed by atoms with van der Waals surface area (Å²) >= 11 is 0. The van der Waals surface area contributed by atoms with E-state index in [1.54, 1.807) is 0 Å². The average molecular weight is 477 g/mol. The molecule has 0 bridgehead atoms. The summed E-state index contributed by atoms with van der Waals surface area (Å²) in [4.78, 5) is 36.1. The third-order valence-corrected chi connectivity index (χ3v) is 7.87. The molecule has 2 atom stereocenters. The van der Waals surface area contributed by atoms with E-state index in [1.807, 2.05) is 24.3 Å². The zero-order chi connectivity index (χ0) is 24.4. The van der Waals surface area contributed by atoms with Crippen LogP contribution in [0.1, 0.15) is 55.6 Å². The number of carbonyl (C=O) groups is 3. The van der Waals surface area contributed by atoms with Crippen LogP contribution in [0.15, 0.2) is 48.5 Å². The Balaban J connectivity index is 1.04. The number of carbonyl (C=O) groups excluding carboxylic acids is 2. The third-order valence-electron chi connectivity index (χ3n) is 7.87. The second-order valence-electron chi connectivity index (χ2n) is 10.1. The van der Waals surface area contributed by atoms with Crippen LogP contribution in [0.2, 0.25) is 0 Å². The maximum atomic E-state index is 12.5. The summed E-state index contributed by atoms with van der Waals surface area (Å²) in [7, 11) is 0. The predicted molar refractivity (Wildman–Crippen MR) is 131 cm³/mol. The van der Waals surface area contributed by atoms with Crippen LogP contribution < -0.4 is 10.6 Å². The van der Waals surface area contributed by atoms with Gasteiger partial charge in [-0.2, -0.15) is 0 Å². The van der Waals surface area contributed by atoms with Crippen molar-refractivity contribution in [3.8, 4) is 11.1 Å². The average Bonchev–Trinajstić information content (AvgIpc) is 3.17. The van der Waals surface area contributed by atoms with Gasteiger partial charge in [-0.15, -0.1) is 0 Å². The number of hydrogen-bond donors (Lipinski definition) is 3.